The van der Waals surface area contributed by atoms with E-state index in [4.69, 9.17) is 0 Å². The number of nitrogens with zero attached hydrogens (tertiary/aromatic N) is 2. The molecule has 0 aliphatic rings. The molecule has 1 heterocycles. The van der Waals surface area contributed by atoms with Gasteiger partial charge in [0, 0.05) is 18.3 Å². The maximum Gasteiger partial charge on any atom is 0.270 e. The van der Waals surface area contributed by atoms with E-state index >= 15 is 0 Å². The number of anilines is 2. The third kappa shape index (κ3) is 5.06. The highest BCUT2D eigenvalue weighted by molar-refractivity contribution is 5.93. The maximum absolute atomic E-state index is 12.2. The van der Waals surface area contributed by atoms with Crippen molar-refractivity contribution in [2.75, 3.05) is 11.9 Å². The van der Waals surface area contributed by atoms with Gasteiger partial charge in [-0.3, -0.25) is 4.79 Å². The third-order valence-electron chi connectivity index (χ3n) is 3.38. The fourth-order valence-corrected chi connectivity index (χ4v) is 2.41. The topological polar surface area (TPSA) is 66.9 Å². The van der Waals surface area contributed by atoms with Crippen molar-refractivity contribution >= 4 is 17.4 Å². The number of carbonyl (C=O) groups excluding carboxylic acids is 1. The van der Waals surface area contributed by atoms with Crippen molar-refractivity contribution in [3.05, 3.63) is 46.9 Å². The van der Waals surface area contributed by atoms with E-state index in [9.17, 15) is 4.79 Å². The van der Waals surface area contributed by atoms with Gasteiger partial charge in [0.1, 0.15) is 17.3 Å². The van der Waals surface area contributed by atoms with Gasteiger partial charge in [0.05, 0.1) is 0 Å². The molecule has 1 aromatic heterocycles. The predicted molar refractivity (Wildman–Crippen MR) is 93.2 cm³/mol. The van der Waals surface area contributed by atoms with Crippen LogP contribution in [0.5, 0.6) is 0 Å². The number of aryl methyl sites for hydroxylation is 3. The van der Waals surface area contributed by atoms with Crippen molar-refractivity contribution < 1.29 is 4.79 Å². The largest absolute Gasteiger partial charge is 0.351 e. The van der Waals surface area contributed by atoms with Crippen LogP contribution in [0, 0.1) is 20.8 Å². The van der Waals surface area contributed by atoms with Crippen LogP contribution in [-0.2, 0) is 0 Å². The summed E-state index contributed by atoms with van der Waals surface area (Å²) >= 11 is 0. The van der Waals surface area contributed by atoms with Crippen LogP contribution in [0.3, 0.4) is 0 Å². The normalized spacial score (nSPS) is 10.4. The van der Waals surface area contributed by atoms with Gasteiger partial charge >= 0.3 is 0 Å². The first-order valence-corrected chi connectivity index (χ1v) is 7.97. The first-order valence-electron chi connectivity index (χ1n) is 7.97. The Balaban J connectivity index is 2.18. The quantitative estimate of drug-likeness (QED) is 0.799. The first-order chi connectivity index (χ1) is 11.0. The van der Waals surface area contributed by atoms with E-state index in [1.807, 2.05) is 12.1 Å². The van der Waals surface area contributed by atoms with Crippen LogP contribution < -0.4 is 10.6 Å². The summed E-state index contributed by atoms with van der Waals surface area (Å²) in [5.41, 5.74) is 3.70. The number of amides is 1. The average Bonchev–Trinajstić information content (AvgIpc) is 2.45. The first kappa shape index (κ1) is 16.9. The Hall–Kier alpha value is -2.43. The van der Waals surface area contributed by atoms with Crippen molar-refractivity contribution in [2.45, 2.75) is 40.5 Å². The minimum Gasteiger partial charge on any atom is -0.351 e. The van der Waals surface area contributed by atoms with Gasteiger partial charge in [-0.15, -0.1) is 0 Å². The van der Waals surface area contributed by atoms with Crippen LogP contribution in [0.15, 0.2) is 24.3 Å². The Morgan fingerprint density at radius 3 is 2.39 bits per heavy atom. The van der Waals surface area contributed by atoms with E-state index < -0.39 is 0 Å². The zero-order valence-corrected chi connectivity index (χ0v) is 14.2. The van der Waals surface area contributed by atoms with Gasteiger partial charge in [0.25, 0.3) is 5.91 Å². The highest BCUT2D eigenvalue weighted by Gasteiger charge is 2.10. The maximum atomic E-state index is 12.2. The lowest BCUT2D eigenvalue weighted by atomic mass is 10.1. The number of nitrogens with one attached hydrogen (secondary N) is 2. The Bertz CT molecular complexity index is 677. The molecule has 1 aromatic carbocycles. The molecule has 23 heavy (non-hydrogen) atoms. The van der Waals surface area contributed by atoms with E-state index in [2.05, 4.69) is 47.4 Å². The molecule has 0 saturated carbocycles. The molecule has 0 spiro atoms. The summed E-state index contributed by atoms with van der Waals surface area (Å²) < 4.78 is 0. The second-order valence-electron chi connectivity index (χ2n) is 5.80. The lowest BCUT2D eigenvalue weighted by molar-refractivity contribution is 0.0948. The molecule has 5 nitrogen and oxygen atoms in total. The number of aromatic nitrogens is 2. The zero-order valence-electron chi connectivity index (χ0n) is 14.2. The highest BCUT2D eigenvalue weighted by atomic mass is 16.1. The number of rotatable bonds is 6. The Morgan fingerprint density at radius 1 is 1.04 bits per heavy atom. The van der Waals surface area contributed by atoms with Gasteiger partial charge < -0.3 is 10.6 Å². The second-order valence-corrected chi connectivity index (χ2v) is 5.80. The van der Waals surface area contributed by atoms with Gasteiger partial charge in [-0.1, -0.05) is 19.4 Å². The SMILES string of the molecule is CCCCNC(=O)c1cc(Nc2cc(C)cc(C)c2)nc(C)n1. The monoisotopic (exact) mass is 312 g/mol. The lowest BCUT2D eigenvalue weighted by Crippen LogP contribution is -2.25. The van der Waals surface area contributed by atoms with E-state index in [0.717, 1.165) is 18.5 Å². The minimum atomic E-state index is -0.160. The third-order valence-corrected chi connectivity index (χ3v) is 3.38. The molecule has 0 unspecified atom stereocenters. The molecule has 0 radical (unpaired) electrons. The zero-order chi connectivity index (χ0) is 16.8. The molecule has 2 N–H and O–H groups in total. The van der Waals surface area contributed by atoms with Crippen LogP contribution in [0.1, 0.15) is 47.2 Å². The summed E-state index contributed by atoms with van der Waals surface area (Å²) in [6, 6.07) is 7.89. The van der Waals surface area contributed by atoms with Gasteiger partial charge in [-0.2, -0.15) is 0 Å². The standard InChI is InChI=1S/C18H24N4O/c1-5-6-7-19-18(23)16-11-17(21-14(4)20-16)22-15-9-12(2)8-13(3)10-15/h8-11H,5-7H2,1-4H3,(H,19,23)(H,20,21,22). The highest BCUT2D eigenvalue weighted by Crippen LogP contribution is 2.19. The summed E-state index contributed by atoms with van der Waals surface area (Å²) in [5.74, 6) is 1.04. The van der Waals surface area contributed by atoms with Crippen molar-refractivity contribution in [1.29, 1.82) is 0 Å². The Labute approximate surface area is 137 Å². The van der Waals surface area contributed by atoms with Crippen molar-refractivity contribution in [3.63, 3.8) is 0 Å². The molecule has 0 fully saturated rings. The molecule has 0 aliphatic heterocycles. The summed E-state index contributed by atoms with van der Waals surface area (Å²) in [6.07, 6.45) is 2.01. The van der Waals surface area contributed by atoms with Gasteiger partial charge in [-0.05, 0) is 50.5 Å². The molecule has 5 heteroatoms. The van der Waals surface area contributed by atoms with Crippen LogP contribution in [0.4, 0.5) is 11.5 Å². The summed E-state index contributed by atoms with van der Waals surface area (Å²) in [7, 11) is 0. The summed E-state index contributed by atoms with van der Waals surface area (Å²) in [5, 5.41) is 6.14. The van der Waals surface area contributed by atoms with Crippen LogP contribution in [0.2, 0.25) is 0 Å². The molecule has 0 aliphatic carbocycles. The van der Waals surface area contributed by atoms with E-state index in [1.165, 1.54) is 11.1 Å². The Kier molecular flexibility index (Phi) is 5.68. The number of unbranched alkanes of at least 4 members (excludes halogenated alkanes) is 1. The van der Waals surface area contributed by atoms with Crippen LogP contribution >= 0.6 is 0 Å². The molecule has 1 amide bonds. The van der Waals surface area contributed by atoms with Crippen LogP contribution in [-0.4, -0.2) is 22.4 Å². The van der Waals surface area contributed by atoms with E-state index in [-0.39, 0.29) is 5.91 Å². The fraction of sp³-hybridized carbons (Fsp3) is 0.389. The van der Waals surface area contributed by atoms with Crippen molar-refractivity contribution in [2.24, 2.45) is 0 Å². The van der Waals surface area contributed by atoms with Gasteiger partial charge in [0.15, 0.2) is 0 Å². The molecule has 0 atom stereocenters. The summed E-state index contributed by atoms with van der Waals surface area (Å²) in [6.45, 7) is 8.65. The average molecular weight is 312 g/mol. The van der Waals surface area contributed by atoms with Gasteiger partial charge in [-0.25, -0.2) is 9.97 Å². The Morgan fingerprint density at radius 2 is 1.74 bits per heavy atom. The molecule has 122 valence electrons. The molecular formula is C18H24N4O. The van der Waals surface area contributed by atoms with Gasteiger partial charge in [0.2, 0.25) is 0 Å². The minimum absolute atomic E-state index is 0.160. The fourth-order valence-electron chi connectivity index (χ4n) is 2.41. The number of carbonyl (C=O) groups is 1. The van der Waals surface area contributed by atoms with E-state index in [0.29, 0.717) is 23.9 Å². The number of hydrogen-bond donors (Lipinski definition) is 2. The smallest absolute Gasteiger partial charge is 0.270 e. The van der Waals surface area contributed by atoms with Crippen molar-refractivity contribution in [1.82, 2.24) is 15.3 Å². The lowest BCUT2D eigenvalue weighted by Gasteiger charge is -2.10. The number of hydrogen-bond acceptors (Lipinski definition) is 4. The molecule has 2 rings (SSSR count). The second kappa shape index (κ2) is 7.72. The predicted octanol–water partition coefficient (Wildman–Crippen LogP) is 3.68. The molecule has 2 aromatic rings. The molecule has 0 saturated heterocycles. The van der Waals surface area contributed by atoms with Crippen LogP contribution in [0.25, 0.3) is 0 Å². The molecule has 0 bridgehead atoms. The van der Waals surface area contributed by atoms with Crippen molar-refractivity contribution in [3.8, 4) is 0 Å². The van der Waals surface area contributed by atoms with E-state index in [1.54, 1.807) is 13.0 Å². The molecular weight excluding hydrogens is 288 g/mol. The summed E-state index contributed by atoms with van der Waals surface area (Å²) in [4.78, 5) is 20.7. The number of benzene rings is 1.